The first-order valence-corrected chi connectivity index (χ1v) is 6.35. The van der Waals surface area contributed by atoms with Gasteiger partial charge in [-0.25, -0.2) is 4.98 Å². The van der Waals surface area contributed by atoms with Gasteiger partial charge in [0.25, 0.3) is 5.91 Å². The van der Waals surface area contributed by atoms with Crippen LogP contribution in [0.4, 0.5) is 0 Å². The fraction of sp³-hybridized carbons (Fsp3) is 0.357. The lowest BCUT2D eigenvalue weighted by atomic mass is 10.1. The van der Waals surface area contributed by atoms with E-state index in [1.165, 1.54) is 6.07 Å². The van der Waals surface area contributed by atoms with E-state index < -0.39 is 18.4 Å². The van der Waals surface area contributed by atoms with Crippen LogP contribution >= 0.6 is 11.6 Å². The average Bonchev–Trinajstić information content (AvgIpc) is 2.36. The van der Waals surface area contributed by atoms with Crippen molar-refractivity contribution in [2.45, 2.75) is 19.8 Å². The van der Waals surface area contributed by atoms with Crippen LogP contribution in [0.25, 0.3) is 0 Å². The molecule has 0 unspecified atom stereocenters. The summed E-state index contributed by atoms with van der Waals surface area (Å²) in [4.78, 5) is 28.2. The van der Waals surface area contributed by atoms with E-state index in [1.54, 1.807) is 6.07 Å². The van der Waals surface area contributed by atoms with Gasteiger partial charge >= 0.3 is 5.97 Å². The zero-order valence-corrected chi connectivity index (χ0v) is 12.0. The van der Waals surface area contributed by atoms with E-state index in [2.05, 4.69) is 10.9 Å². The summed E-state index contributed by atoms with van der Waals surface area (Å²) >= 11 is 5.89. The van der Waals surface area contributed by atoms with E-state index >= 15 is 0 Å². The number of hydrogen-bond donors (Lipinski definition) is 1. The van der Waals surface area contributed by atoms with E-state index in [4.69, 9.17) is 23.1 Å². The fourth-order valence-corrected chi connectivity index (χ4v) is 1.81. The molecule has 20 heavy (non-hydrogen) atoms. The molecular formula is C14H15ClN2O3. The first kappa shape index (κ1) is 16.0. The van der Waals surface area contributed by atoms with Crippen LogP contribution in [-0.2, 0) is 4.79 Å². The van der Waals surface area contributed by atoms with Gasteiger partial charge in [-0.15, -0.1) is 6.42 Å². The van der Waals surface area contributed by atoms with Gasteiger partial charge in [0.1, 0.15) is 11.7 Å². The number of aromatic nitrogens is 1. The summed E-state index contributed by atoms with van der Waals surface area (Å²) < 4.78 is 0. The zero-order valence-electron chi connectivity index (χ0n) is 11.3. The normalized spacial score (nSPS) is 10.2. The highest BCUT2D eigenvalue weighted by Crippen LogP contribution is 2.18. The van der Waals surface area contributed by atoms with Crippen LogP contribution in [0.3, 0.4) is 0 Å². The highest BCUT2D eigenvalue weighted by Gasteiger charge is 2.19. The van der Waals surface area contributed by atoms with Crippen LogP contribution in [0.15, 0.2) is 12.1 Å². The van der Waals surface area contributed by atoms with Gasteiger partial charge in [0.05, 0.1) is 6.54 Å². The van der Waals surface area contributed by atoms with E-state index in [0.29, 0.717) is 5.69 Å². The number of terminal acetylenes is 1. The van der Waals surface area contributed by atoms with Crippen molar-refractivity contribution < 1.29 is 14.7 Å². The molecule has 5 nitrogen and oxygen atoms in total. The Morgan fingerprint density at radius 3 is 2.65 bits per heavy atom. The number of rotatable bonds is 5. The minimum absolute atomic E-state index is 0.0813. The van der Waals surface area contributed by atoms with E-state index in [9.17, 15) is 9.59 Å². The van der Waals surface area contributed by atoms with Gasteiger partial charge in [-0.05, 0) is 18.1 Å². The van der Waals surface area contributed by atoms with Crippen molar-refractivity contribution in [3.63, 3.8) is 0 Å². The molecular weight excluding hydrogens is 280 g/mol. The summed E-state index contributed by atoms with van der Waals surface area (Å²) in [6, 6.07) is 3.01. The Morgan fingerprint density at radius 1 is 1.50 bits per heavy atom. The van der Waals surface area contributed by atoms with Gasteiger partial charge in [0, 0.05) is 11.3 Å². The lowest BCUT2D eigenvalue weighted by Crippen LogP contribution is -2.36. The largest absolute Gasteiger partial charge is 0.480 e. The Balaban J connectivity index is 3.11. The second-order valence-electron chi connectivity index (χ2n) is 4.52. The molecule has 0 bridgehead atoms. The molecule has 0 fully saturated rings. The lowest BCUT2D eigenvalue weighted by Gasteiger charge is -2.18. The Morgan fingerprint density at radius 2 is 2.15 bits per heavy atom. The Hall–Kier alpha value is -2.06. The van der Waals surface area contributed by atoms with Crippen LogP contribution in [0.1, 0.15) is 35.8 Å². The van der Waals surface area contributed by atoms with Gasteiger partial charge in [-0.2, -0.15) is 0 Å². The number of carboxylic acid groups (broad SMARTS) is 1. The van der Waals surface area contributed by atoms with Crippen molar-refractivity contribution in [3.8, 4) is 12.3 Å². The minimum atomic E-state index is -1.13. The Labute approximate surface area is 122 Å². The highest BCUT2D eigenvalue weighted by atomic mass is 35.5. The topological polar surface area (TPSA) is 70.5 Å². The standard InChI is InChI=1S/C14H15ClN2O3/c1-4-5-17(8-13(18)19)14(20)10-6-11(9(2)3)16-12(15)7-10/h1,6-7,9H,5,8H2,2-3H3,(H,18,19). The number of carbonyl (C=O) groups excluding carboxylic acids is 1. The first-order chi connectivity index (χ1) is 9.35. The van der Waals surface area contributed by atoms with Gasteiger partial charge < -0.3 is 10.0 Å². The van der Waals surface area contributed by atoms with E-state index in [0.717, 1.165) is 4.90 Å². The maximum absolute atomic E-state index is 12.3. The predicted octanol–water partition coefficient (Wildman–Crippen LogP) is 2.02. The summed E-state index contributed by atoms with van der Waals surface area (Å²) in [7, 11) is 0. The molecule has 1 heterocycles. The molecule has 1 rings (SSSR count). The SMILES string of the molecule is C#CCN(CC(=O)O)C(=O)c1cc(Cl)nc(C(C)C)c1. The average molecular weight is 295 g/mol. The summed E-state index contributed by atoms with van der Waals surface area (Å²) in [5.41, 5.74) is 0.946. The maximum Gasteiger partial charge on any atom is 0.323 e. The van der Waals surface area contributed by atoms with Crippen molar-refractivity contribution in [2.75, 3.05) is 13.1 Å². The summed E-state index contributed by atoms with van der Waals surface area (Å²) in [5, 5.41) is 8.99. The van der Waals surface area contributed by atoms with E-state index in [-0.39, 0.29) is 23.2 Å². The number of halogens is 1. The number of carboxylic acids is 1. The molecule has 0 atom stereocenters. The van der Waals surface area contributed by atoms with Crippen molar-refractivity contribution in [2.24, 2.45) is 0 Å². The van der Waals surface area contributed by atoms with E-state index in [1.807, 2.05) is 13.8 Å². The third-order valence-electron chi connectivity index (χ3n) is 2.55. The third-order valence-corrected chi connectivity index (χ3v) is 2.74. The van der Waals surface area contributed by atoms with Crippen LogP contribution in [-0.4, -0.2) is 40.0 Å². The molecule has 0 aliphatic rings. The summed E-state index contributed by atoms with van der Waals surface area (Å²) in [6.45, 7) is 3.30. The number of nitrogens with zero attached hydrogens (tertiary/aromatic N) is 2. The number of carbonyl (C=O) groups is 2. The predicted molar refractivity (Wildman–Crippen MR) is 75.7 cm³/mol. The van der Waals surface area contributed by atoms with Crippen molar-refractivity contribution >= 4 is 23.5 Å². The third kappa shape index (κ3) is 4.25. The molecule has 0 saturated carbocycles. The maximum atomic E-state index is 12.3. The molecule has 106 valence electrons. The van der Waals surface area contributed by atoms with Crippen molar-refractivity contribution in [3.05, 3.63) is 28.5 Å². The molecule has 1 aromatic heterocycles. The van der Waals surface area contributed by atoms with Gasteiger partial charge in [-0.3, -0.25) is 9.59 Å². The monoisotopic (exact) mass is 294 g/mol. The molecule has 0 saturated heterocycles. The number of aliphatic carboxylic acids is 1. The zero-order chi connectivity index (χ0) is 15.3. The molecule has 0 spiro atoms. The molecule has 0 aliphatic carbocycles. The van der Waals surface area contributed by atoms with Crippen LogP contribution in [0, 0.1) is 12.3 Å². The summed E-state index contributed by atoms with van der Waals surface area (Å²) in [5.74, 6) is 0.765. The van der Waals surface area contributed by atoms with Crippen LogP contribution in [0.5, 0.6) is 0 Å². The van der Waals surface area contributed by atoms with Crippen LogP contribution in [0.2, 0.25) is 5.15 Å². The Bertz CT molecular complexity index is 564. The van der Waals surface area contributed by atoms with Crippen molar-refractivity contribution in [1.82, 2.24) is 9.88 Å². The summed E-state index contributed by atoms with van der Waals surface area (Å²) in [6.07, 6.45) is 5.15. The molecule has 1 amide bonds. The fourth-order valence-electron chi connectivity index (χ4n) is 1.59. The molecule has 1 aromatic rings. The molecule has 0 aromatic carbocycles. The van der Waals surface area contributed by atoms with Gasteiger partial charge in [0.15, 0.2) is 0 Å². The minimum Gasteiger partial charge on any atom is -0.480 e. The number of amides is 1. The highest BCUT2D eigenvalue weighted by molar-refractivity contribution is 6.29. The molecule has 0 radical (unpaired) electrons. The van der Waals surface area contributed by atoms with Crippen LogP contribution < -0.4 is 0 Å². The Kier molecular flexibility index (Phi) is 5.53. The second-order valence-corrected chi connectivity index (χ2v) is 4.90. The lowest BCUT2D eigenvalue weighted by molar-refractivity contribution is -0.137. The molecule has 0 aliphatic heterocycles. The molecule has 1 N–H and O–H groups in total. The second kappa shape index (κ2) is 6.92. The van der Waals surface area contributed by atoms with Gasteiger partial charge in [-0.1, -0.05) is 31.4 Å². The molecule has 6 heteroatoms. The number of hydrogen-bond acceptors (Lipinski definition) is 3. The quantitative estimate of drug-likeness (QED) is 0.666. The van der Waals surface area contributed by atoms with Crippen molar-refractivity contribution in [1.29, 1.82) is 0 Å². The van der Waals surface area contributed by atoms with Gasteiger partial charge in [0.2, 0.25) is 0 Å². The first-order valence-electron chi connectivity index (χ1n) is 5.97. The number of pyridine rings is 1. The smallest absolute Gasteiger partial charge is 0.323 e.